The van der Waals surface area contributed by atoms with Crippen LogP contribution in [0.4, 0.5) is 0 Å². The number of pyridine rings is 6. The van der Waals surface area contributed by atoms with Crippen molar-refractivity contribution in [3.8, 4) is 40.6 Å². The van der Waals surface area contributed by atoms with Crippen molar-refractivity contribution in [1.82, 2.24) is 29.9 Å². The van der Waals surface area contributed by atoms with Crippen LogP contribution in [-0.4, -0.2) is 83.0 Å². The highest BCUT2D eigenvalue weighted by atomic mass is 127. The van der Waals surface area contributed by atoms with Crippen molar-refractivity contribution in [3.05, 3.63) is 188 Å². The molecule has 1 atom stereocenters. The second kappa shape index (κ2) is 35.4. The zero-order valence-corrected chi connectivity index (χ0v) is 72.5. The van der Waals surface area contributed by atoms with E-state index < -0.39 is 6.10 Å². The number of amidine groups is 1. The molecule has 6 heterocycles. The van der Waals surface area contributed by atoms with Gasteiger partial charge in [0.1, 0.15) is 62.1 Å². The first-order chi connectivity index (χ1) is 43.7. The Hall–Kier alpha value is -2.90. The van der Waals surface area contributed by atoms with Gasteiger partial charge in [0.2, 0.25) is 0 Å². The van der Waals surface area contributed by atoms with Crippen molar-refractivity contribution in [2.75, 3.05) is 0 Å². The number of aromatic hydroxyl groups is 6. The Balaban J connectivity index is 0.000000178. The summed E-state index contributed by atoms with van der Waals surface area (Å²) < 4.78 is 10.5. The van der Waals surface area contributed by atoms with Crippen LogP contribution in [0.25, 0.3) is 65.4 Å². The van der Waals surface area contributed by atoms with Crippen LogP contribution in [0, 0.1) is 64.8 Å². The maximum Gasteiger partial charge on any atom is 0.178 e. The van der Waals surface area contributed by atoms with Crippen LogP contribution < -0.4 is 5.73 Å². The van der Waals surface area contributed by atoms with E-state index in [4.69, 9.17) is 21.8 Å². The fourth-order valence-electron chi connectivity index (χ4n) is 8.18. The Labute approximate surface area is 691 Å². The number of halogens is 12. The number of nitrogens with two attached hydrogens (primary N) is 1. The second-order valence-electron chi connectivity index (χ2n) is 19.4. The predicted molar refractivity (Wildman–Crippen MR) is 463 cm³/mol. The number of ketones is 1. The molecule has 18 nitrogen and oxygen atoms in total. The highest BCUT2D eigenvalue weighted by molar-refractivity contribution is 14.1. The molecule has 0 saturated carbocycles. The minimum absolute atomic E-state index is 0. The van der Waals surface area contributed by atoms with E-state index in [1.165, 1.54) is 6.92 Å². The second-order valence-corrected chi connectivity index (χ2v) is 32.7. The number of carbonyl (C=O) groups excluding carboxylic acids is 1. The van der Waals surface area contributed by atoms with Crippen molar-refractivity contribution >= 4 is 341 Å². The van der Waals surface area contributed by atoms with E-state index in [0.717, 1.165) is 78.2 Å². The number of nitrogens with one attached hydrogen (secondary N) is 2. The highest BCUT2D eigenvalue weighted by Crippen LogP contribution is 2.39. The third-order valence-electron chi connectivity index (χ3n) is 12.9. The normalized spacial score (nSPS) is 10.9. The van der Waals surface area contributed by atoms with Gasteiger partial charge in [0, 0.05) is 67.3 Å². The van der Waals surface area contributed by atoms with Gasteiger partial charge in [-0.2, -0.15) is 5.26 Å². The maximum absolute atomic E-state index is 11.2. The van der Waals surface area contributed by atoms with Crippen LogP contribution in [0.2, 0.25) is 0 Å². The summed E-state index contributed by atoms with van der Waals surface area (Å²) in [6.07, 6.45) is -0.626. The molecule has 94 heavy (non-hydrogen) atoms. The van der Waals surface area contributed by atoms with Crippen molar-refractivity contribution in [1.29, 1.82) is 16.1 Å². The van der Waals surface area contributed by atoms with Gasteiger partial charge in [0.05, 0.1) is 45.5 Å². The lowest BCUT2D eigenvalue weighted by Gasteiger charge is -2.09. The Morgan fingerprint density at radius 2 is 0.787 bits per heavy atom. The third-order valence-corrected chi connectivity index (χ3v) is 22.7. The van der Waals surface area contributed by atoms with E-state index in [1.54, 1.807) is 56.3 Å². The Bertz CT molecular complexity index is 4820. The van der Waals surface area contributed by atoms with Gasteiger partial charge >= 0.3 is 0 Å². The molecule has 0 amide bonds. The Morgan fingerprint density at radius 3 is 1.19 bits per heavy atom. The first kappa shape index (κ1) is 80.1. The van der Waals surface area contributed by atoms with Gasteiger partial charge in [-0.05, 0) is 372 Å². The first-order valence-electron chi connectivity index (χ1n) is 26.1. The highest BCUT2D eigenvalue weighted by Gasteiger charge is 2.17. The van der Waals surface area contributed by atoms with Gasteiger partial charge < -0.3 is 46.9 Å². The van der Waals surface area contributed by atoms with E-state index in [-0.39, 0.29) is 53.5 Å². The van der Waals surface area contributed by atoms with Gasteiger partial charge in [-0.15, -0.1) is 0 Å². The van der Waals surface area contributed by atoms with Crippen LogP contribution in [-0.2, 0) is 0 Å². The zero-order chi connectivity index (χ0) is 68.8. The third kappa shape index (κ3) is 19.3. The molecule has 0 saturated heterocycles. The van der Waals surface area contributed by atoms with E-state index in [9.17, 15) is 40.5 Å². The lowest BCUT2D eigenvalue weighted by molar-refractivity contribution is 0.101. The topological polar surface area (TPSA) is 334 Å². The molecule has 12 rings (SSSR count). The molecule has 12 aromatic rings. The van der Waals surface area contributed by atoms with Crippen LogP contribution in [0.3, 0.4) is 0 Å². The molecule has 1 unspecified atom stereocenters. The van der Waals surface area contributed by atoms with Gasteiger partial charge in [0.15, 0.2) is 40.3 Å². The Morgan fingerprint density at radius 1 is 0.457 bits per heavy atom. The number of aliphatic hydroxyl groups is 1. The molecular weight excluding hydrogens is 2470 g/mol. The molecule has 484 valence electrons. The molecule has 30 heteroatoms. The van der Waals surface area contributed by atoms with Crippen molar-refractivity contribution in [2.24, 2.45) is 5.73 Å². The molecule has 0 spiro atoms. The predicted octanol–water partition coefficient (Wildman–Crippen LogP) is 20.0. The maximum atomic E-state index is 11.2. The number of phenolic OH excluding ortho intramolecular Hbond substituents is 6. The monoisotopic (exact) mass is 2510 g/mol. The average molecular weight is 2510 g/mol. The summed E-state index contributed by atoms with van der Waals surface area (Å²) in [5.74, 6) is 0.774. The summed E-state index contributed by atoms with van der Waals surface area (Å²) in [4.78, 5) is 36.6. The molecule has 6 aromatic heterocycles. The van der Waals surface area contributed by atoms with Gasteiger partial charge in [-0.1, -0.05) is 23.4 Å². The van der Waals surface area contributed by atoms with E-state index in [1.807, 2.05) is 147 Å². The molecule has 0 aliphatic carbocycles. The molecule has 6 aromatic carbocycles. The number of rotatable bonds is 4. The number of aliphatic hydroxyl groups excluding tert-OH is 1. The molecule has 0 aliphatic heterocycles. The van der Waals surface area contributed by atoms with E-state index >= 15 is 0 Å². The standard InChI is InChI=1S/C11H8Br2N2O.C11H9I2NO2.C11H7I2NO2.C10H7I2N3O.C10H4I2N2O.C10H7I2NO.CH4/c1-5(14)9-3-2-6-7(12)4-8(13)11(16)10(6)15-9;2*1-5(15)9-3-2-6-7(12)4-8(13)11(16)10(6)14-9;11-5-3-6(12)9(16)8-4(5)1-2-7(15-8)10(13)14;11-7-3-8(12)10(15)9-6(7)2-1-5(4-13)14-9;1-5-2-3-6-7(11)4-8(12)10(14)9(6)13-5;/h2-4,14,16H,1H3;2-5,15-16H,1H3;2-4,16H,1H3;1-3,16H,(H3,13,14);1-3,15H;2-4,14H,1H3;1H4. The van der Waals surface area contributed by atoms with E-state index in [0.29, 0.717) is 71.8 Å². The zero-order valence-electron chi connectivity index (χ0n) is 47.8. The van der Waals surface area contributed by atoms with Gasteiger partial charge in [-0.25, -0.2) is 29.9 Å². The SMILES string of the molecule is C.CC(=N)c1ccc2c(Br)cc(Br)c(O)c2n1.CC(=O)c1ccc2c(I)cc(I)c(O)c2n1.CC(O)c1ccc2c(I)cc(I)c(O)c2n1.Cc1ccc2c(I)cc(I)c(O)c2n1.N#Cc1ccc2c(I)cc(I)c(O)c2n1.N=C(N)c1ccc2c(I)cc(I)c(O)c2n1. The van der Waals surface area contributed by atoms with Crippen molar-refractivity contribution in [2.45, 2.75) is 41.2 Å². The lowest BCUT2D eigenvalue weighted by atomic mass is 10.1. The number of hydrogen-bond donors (Lipinski definition) is 10. The first-order valence-corrected chi connectivity index (χ1v) is 38.4. The van der Waals surface area contributed by atoms with E-state index in [2.05, 4.69) is 220 Å². The minimum atomic E-state index is -0.626. The number of nitriles is 1. The molecule has 11 N–H and O–H groups in total. The number of benzene rings is 6. The number of hydrogen-bond acceptors (Lipinski definition) is 17. The van der Waals surface area contributed by atoms with Crippen molar-refractivity contribution < 1.29 is 40.5 Å². The average Bonchev–Trinajstić information content (AvgIpc) is 0.892. The summed E-state index contributed by atoms with van der Waals surface area (Å²) in [5.41, 5.74) is 12.1. The van der Waals surface area contributed by atoms with Crippen LogP contribution in [0.5, 0.6) is 34.5 Å². The number of nitrogen functional groups attached to an aromatic ring is 1. The lowest BCUT2D eigenvalue weighted by Crippen LogP contribution is -2.13. The summed E-state index contributed by atoms with van der Waals surface area (Å²) in [5, 5.41) is 97.7. The molecule has 0 bridgehead atoms. The number of nitrogens with zero attached hydrogens (tertiary/aromatic N) is 7. The number of Topliss-reactive ketones (excluding diaryl/α,β-unsaturated/α-hetero) is 1. The van der Waals surface area contributed by atoms with Crippen LogP contribution >= 0.6 is 258 Å². The Kier molecular flexibility index (Phi) is 30.2. The molecule has 0 aliphatic rings. The number of fused-ring (bicyclic) bond motifs is 6. The smallest absolute Gasteiger partial charge is 0.178 e. The van der Waals surface area contributed by atoms with Crippen LogP contribution in [0.1, 0.15) is 73.3 Å². The number of aromatic nitrogens is 6. The minimum Gasteiger partial charge on any atom is -0.505 e. The number of aryl methyl sites for hydroxylation is 1. The molecule has 0 radical (unpaired) electrons. The summed E-state index contributed by atoms with van der Waals surface area (Å²) in [6.45, 7) is 6.71. The van der Waals surface area contributed by atoms with Crippen molar-refractivity contribution in [3.63, 3.8) is 0 Å². The van der Waals surface area contributed by atoms with Gasteiger partial charge in [0.25, 0.3) is 0 Å². The molecule has 0 fully saturated rings. The fourth-order valence-corrected chi connectivity index (χ4v) is 19.0. The van der Waals surface area contributed by atoms with Crippen LogP contribution in [0.15, 0.2) is 118 Å². The quantitative estimate of drug-likeness (QED) is 0.0339. The summed E-state index contributed by atoms with van der Waals surface area (Å²) in [7, 11) is 0. The largest absolute Gasteiger partial charge is 0.505 e. The fraction of sp³-hybridized carbons (Fsp3) is 0.0938. The number of phenols is 6. The number of carbonyl (C=O) groups is 1. The summed E-state index contributed by atoms with van der Waals surface area (Å²) in [6, 6.07) is 34.9. The molecular formula is C64H46Br2I10N10O8. The summed E-state index contributed by atoms with van der Waals surface area (Å²) >= 11 is 28.0. The van der Waals surface area contributed by atoms with Gasteiger partial charge in [-0.3, -0.25) is 10.2 Å².